The lowest BCUT2D eigenvalue weighted by molar-refractivity contribution is -0.137. The van der Waals surface area contributed by atoms with Crippen LogP contribution < -0.4 is 0 Å². The van der Waals surface area contributed by atoms with E-state index < -0.39 is 11.7 Å². The summed E-state index contributed by atoms with van der Waals surface area (Å²) in [6.45, 7) is 5.34. The molecule has 0 bridgehead atoms. The normalized spacial score (nSPS) is 15.4. The molecule has 0 amide bonds. The Hall–Kier alpha value is -2.10. The van der Waals surface area contributed by atoms with Crippen molar-refractivity contribution in [3.63, 3.8) is 0 Å². The quantitative estimate of drug-likeness (QED) is 0.279. The minimum Gasteiger partial charge on any atom is -0.379 e. The van der Waals surface area contributed by atoms with E-state index in [4.69, 9.17) is 4.74 Å². The number of morpholine rings is 1. The summed E-state index contributed by atoms with van der Waals surface area (Å²) in [5, 5.41) is 5.46. The molecule has 2 aromatic heterocycles. The highest BCUT2D eigenvalue weighted by Crippen LogP contribution is 2.34. The van der Waals surface area contributed by atoms with E-state index in [9.17, 15) is 13.2 Å². The van der Waals surface area contributed by atoms with Crippen molar-refractivity contribution in [2.75, 3.05) is 32.1 Å². The molecular formula is C24H29F3N4OS. The second-order valence-corrected chi connectivity index (χ2v) is 9.40. The zero-order valence-electron chi connectivity index (χ0n) is 18.6. The molecule has 3 aromatic rings. The van der Waals surface area contributed by atoms with Gasteiger partial charge in [-0.15, -0.1) is 11.8 Å². The van der Waals surface area contributed by atoms with E-state index in [0.717, 1.165) is 98.9 Å². The highest BCUT2D eigenvalue weighted by molar-refractivity contribution is 7.99. The van der Waals surface area contributed by atoms with E-state index in [0.29, 0.717) is 5.52 Å². The number of unbranched alkanes of at least 4 members (excludes halogenated alkanes) is 3. The maximum absolute atomic E-state index is 12.9. The van der Waals surface area contributed by atoms with Crippen LogP contribution in [0.2, 0.25) is 0 Å². The summed E-state index contributed by atoms with van der Waals surface area (Å²) in [6.07, 6.45) is 3.70. The number of alkyl halides is 3. The Morgan fingerprint density at radius 2 is 1.82 bits per heavy atom. The number of aryl methyl sites for hydroxylation is 1. The number of nitrogens with zero attached hydrogens (tertiary/aromatic N) is 4. The van der Waals surface area contributed by atoms with Crippen molar-refractivity contribution in [1.29, 1.82) is 0 Å². The number of hydrogen-bond acceptors (Lipinski definition) is 5. The monoisotopic (exact) mass is 478 g/mol. The molecule has 3 heterocycles. The lowest BCUT2D eigenvalue weighted by Crippen LogP contribution is -2.35. The van der Waals surface area contributed by atoms with Crippen LogP contribution in [0, 0.1) is 0 Å². The summed E-state index contributed by atoms with van der Waals surface area (Å²) in [6, 6.07) is 7.77. The average molecular weight is 479 g/mol. The zero-order chi connectivity index (χ0) is 23.1. The lowest BCUT2D eigenvalue weighted by Gasteiger charge is -2.25. The Balaban J connectivity index is 1.15. The molecule has 0 spiro atoms. The Morgan fingerprint density at radius 1 is 1.00 bits per heavy atom. The van der Waals surface area contributed by atoms with Crippen LogP contribution in [0.15, 0.2) is 47.6 Å². The van der Waals surface area contributed by atoms with Gasteiger partial charge in [0.05, 0.1) is 30.0 Å². The molecular weight excluding hydrogens is 449 g/mol. The molecule has 178 valence electrons. The van der Waals surface area contributed by atoms with Gasteiger partial charge in [-0.25, -0.2) is 0 Å². The maximum Gasteiger partial charge on any atom is 0.416 e. The van der Waals surface area contributed by atoms with Crippen LogP contribution in [-0.2, 0) is 24.0 Å². The third-order valence-corrected chi connectivity index (χ3v) is 6.91. The number of hydrogen-bond donors (Lipinski definition) is 0. The van der Waals surface area contributed by atoms with Gasteiger partial charge in [0.25, 0.3) is 0 Å². The van der Waals surface area contributed by atoms with Gasteiger partial charge in [-0.05, 0) is 42.9 Å². The van der Waals surface area contributed by atoms with Crippen molar-refractivity contribution in [3.05, 3.63) is 54.0 Å². The standard InChI is InChI=1S/C24H29F3N4OS/c25-24(26,27)19-5-6-21-22(17-19)28-9-7-23(21)33-16-4-2-1-3-10-31-11-8-20(29-31)18-30-12-14-32-15-13-30/h5-9,11,17H,1-4,10,12-16,18H2. The molecule has 1 fully saturated rings. The fourth-order valence-corrected chi connectivity index (χ4v) is 4.99. The number of rotatable bonds is 10. The van der Waals surface area contributed by atoms with Crippen molar-refractivity contribution in [2.45, 2.75) is 49.8 Å². The lowest BCUT2D eigenvalue weighted by atomic mass is 10.1. The molecule has 0 N–H and O–H groups in total. The first-order valence-corrected chi connectivity index (χ1v) is 12.4. The summed E-state index contributed by atoms with van der Waals surface area (Å²) in [4.78, 5) is 7.47. The van der Waals surface area contributed by atoms with E-state index >= 15 is 0 Å². The molecule has 9 heteroatoms. The van der Waals surface area contributed by atoms with Gasteiger partial charge in [-0.3, -0.25) is 14.6 Å². The molecule has 0 atom stereocenters. The molecule has 1 aromatic carbocycles. The molecule has 1 saturated heterocycles. The number of ether oxygens (including phenoxy) is 1. The van der Waals surface area contributed by atoms with Crippen molar-refractivity contribution in [3.8, 4) is 0 Å². The Morgan fingerprint density at radius 3 is 2.64 bits per heavy atom. The summed E-state index contributed by atoms with van der Waals surface area (Å²) < 4.78 is 46.2. The molecule has 1 aliphatic heterocycles. The third kappa shape index (κ3) is 6.94. The molecule has 1 aliphatic rings. The van der Waals surface area contributed by atoms with E-state index in [1.54, 1.807) is 18.0 Å². The second-order valence-electron chi connectivity index (χ2n) is 8.26. The van der Waals surface area contributed by atoms with Crippen molar-refractivity contribution >= 4 is 22.7 Å². The Bertz CT molecular complexity index is 1030. The topological polar surface area (TPSA) is 43.2 Å². The van der Waals surface area contributed by atoms with Crippen LogP contribution in [0.5, 0.6) is 0 Å². The number of benzene rings is 1. The van der Waals surface area contributed by atoms with Crippen LogP contribution in [0.4, 0.5) is 13.2 Å². The molecule has 0 aliphatic carbocycles. The van der Waals surface area contributed by atoms with Gasteiger partial charge in [0.15, 0.2) is 0 Å². The van der Waals surface area contributed by atoms with Crippen molar-refractivity contribution in [1.82, 2.24) is 19.7 Å². The smallest absolute Gasteiger partial charge is 0.379 e. The summed E-state index contributed by atoms with van der Waals surface area (Å²) >= 11 is 1.69. The van der Waals surface area contributed by atoms with E-state index in [1.807, 2.05) is 10.7 Å². The molecule has 5 nitrogen and oxygen atoms in total. The SMILES string of the molecule is FC(F)(F)c1ccc2c(SCCCCCCn3ccc(CN4CCOCC4)n3)ccnc2c1. The molecule has 0 radical (unpaired) electrons. The molecule has 4 rings (SSSR count). The number of pyridine rings is 1. The first kappa shape index (κ1) is 24.0. The highest BCUT2D eigenvalue weighted by atomic mass is 32.2. The van der Waals surface area contributed by atoms with Crippen molar-refractivity contribution in [2.24, 2.45) is 0 Å². The van der Waals surface area contributed by atoms with Gasteiger partial charge in [-0.1, -0.05) is 18.9 Å². The Labute approximate surface area is 196 Å². The van der Waals surface area contributed by atoms with Crippen molar-refractivity contribution < 1.29 is 17.9 Å². The molecule has 33 heavy (non-hydrogen) atoms. The maximum atomic E-state index is 12.9. The van der Waals surface area contributed by atoms with Gasteiger partial charge in [0.2, 0.25) is 0 Å². The summed E-state index contributed by atoms with van der Waals surface area (Å²) in [5.74, 6) is 0.936. The minimum absolute atomic E-state index is 0.391. The highest BCUT2D eigenvalue weighted by Gasteiger charge is 2.30. The van der Waals surface area contributed by atoms with Gasteiger partial charge in [-0.2, -0.15) is 18.3 Å². The van der Waals surface area contributed by atoms with Gasteiger partial charge in [0.1, 0.15) is 0 Å². The fourth-order valence-electron chi connectivity index (χ4n) is 3.94. The van der Waals surface area contributed by atoms with Crippen LogP contribution in [0.3, 0.4) is 0 Å². The molecule has 0 unspecified atom stereocenters. The Kier molecular flexibility index (Phi) is 8.27. The summed E-state index contributed by atoms with van der Waals surface area (Å²) in [7, 11) is 0. The number of halogens is 3. The van der Waals surface area contributed by atoms with Crippen LogP contribution in [-0.4, -0.2) is 51.7 Å². The van der Waals surface area contributed by atoms with E-state index in [-0.39, 0.29) is 0 Å². The van der Waals surface area contributed by atoms with E-state index in [1.165, 1.54) is 6.07 Å². The van der Waals surface area contributed by atoms with E-state index in [2.05, 4.69) is 27.2 Å². The third-order valence-electron chi connectivity index (χ3n) is 5.75. The van der Waals surface area contributed by atoms with Gasteiger partial charge in [0, 0.05) is 48.9 Å². The number of fused-ring (bicyclic) bond motifs is 1. The number of thioether (sulfide) groups is 1. The predicted octanol–water partition coefficient (Wildman–Crippen LogP) is 5.64. The van der Waals surface area contributed by atoms with Gasteiger partial charge >= 0.3 is 6.18 Å². The van der Waals surface area contributed by atoms with Gasteiger partial charge < -0.3 is 4.74 Å². The van der Waals surface area contributed by atoms with Crippen LogP contribution >= 0.6 is 11.8 Å². The fraction of sp³-hybridized carbons (Fsp3) is 0.500. The first-order chi connectivity index (χ1) is 16.0. The van der Waals surface area contributed by atoms with Crippen LogP contribution in [0.25, 0.3) is 10.9 Å². The largest absolute Gasteiger partial charge is 0.416 e. The first-order valence-electron chi connectivity index (χ1n) is 11.4. The number of aromatic nitrogens is 3. The van der Waals surface area contributed by atoms with Crippen LogP contribution in [0.1, 0.15) is 36.9 Å². The minimum atomic E-state index is -4.35. The zero-order valence-corrected chi connectivity index (χ0v) is 19.4. The molecule has 0 saturated carbocycles. The predicted molar refractivity (Wildman–Crippen MR) is 124 cm³/mol. The summed E-state index contributed by atoms with van der Waals surface area (Å²) in [5.41, 5.74) is 0.845. The second kappa shape index (κ2) is 11.4. The average Bonchev–Trinajstić information content (AvgIpc) is 3.25.